The van der Waals surface area contributed by atoms with Gasteiger partial charge in [0, 0.05) is 31.0 Å². The number of benzene rings is 2. The molecule has 1 amide bonds. The third kappa shape index (κ3) is 5.13. The van der Waals surface area contributed by atoms with E-state index in [-0.39, 0.29) is 5.91 Å². The zero-order valence-electron chi connectivity index (χ0n) is 16.2. The molecule has 1 heterocycles. The van der Waals surface area contributed by atoms with E-state index in [1.807, 2.05) is 36.7 Å². The highest BCUT2D eigenvalue weighted by Gasteiger charge is 2.11. The standard InChI is InChI=1S/C22H25N3O3/c1-3-27-20-10-9-19(13-21(20)28-4-2)22(26)24-14-17-5-7-18(8-6-17)15-25-12-11-23-16-25/h5-13,16H,3-4,14-15H2,1-2H3,(H,24,26). The first-order valence-electron chi connectivity index (χ1n) is 9.41. The molecule has 3 aromatic rings. The fourth-order valence-corrected chi connectivity index (χ4v) is 2.83. The van der Waals surface area contributed by atoms with E-state index < -0.39 is 0 Å². The molecule has 0 atom stereocenters. The molecule has 0 bridgehead atoms. The van der Waals surface area contributed by atoms with Gasteiger partial charge in [0.05, 0.1) is 19.5 Å². The highest BCUT2D eigenvalue weighted by atomic mass is 16.5. The predicted octanol–water partition coefficient (Wildman–Crippen LogP) is 3.66. The zero-order chi connectivity index (χ0) is 19.8. The summed E-state index contributed by atoms with van der Waals surface area (Å²) in [6, 6.07) is 13.4. The molecule has 28 heavy (non-hydrogen) atoms. The second kappa shape index (κ2) is 9.60. The molecule has 0 aliphatic carbocycles. The molecule has 146 valence electrons. The van der Waals surface area contributed by atoms with Crippen LogP contribution in [-0.4, -0.2) is 28.7 Å². The minimum atomic E-state index is -0.147. The molecule has 1 aromatic heterocycles. The first kappa shape index (κ1) is 19.5. The molecule has 0 spiro atoms. The lowest BCUT2D eigenvalue weighted by Gasteiger charge is -2.12. The third-order valence-corrected chi connectivity index (χ3v) is 4.21. The number of nitrogens with one attached hydrogen (secondary N) is 1. The molecule has 6 heteroatoms. The fourth-order valence-electron chi connectivity index (χ4n) is 2.83. The van der Waals surface area contributed by atoms with E-state index in [4.69, 9.17) is 9.47 Å². The average Bonchev–Trinajstić information content (AvgIpc) is 3.22. The Labute approximate surface area is 165 Å². The van der Waals surface area contributed by atoms with Crippen LogP contribution in [0.1, 0.15) is 35.3 Å². The van der Waals surface area contributed by atoms with Crippen LogP contribution in [0.25, 0.3) is 0 Å². The molecular weight excluding hydrogens is 354 g/mol. The van der Waals surface area contributed by atoms with Gasteiger partial charge in [0.2, 0.25) is 0 Å². The molecule has 0 aliphatic heterocycles. The number of aromatic nitrogens is 2. The summed E-state index contributed by atoms with van der Waals surface area (Å²) in [4.78, 5) is 16.6. The smallest absolute Gasteiger partial charge is 0.251 e. The summed E-state index contributed by atoms with van der Waals surface area (Å²) in [5, 5.41) is 2.95. The van der Waals surface area contributed by atoms with Gasteiger partial charge in [-0.05, 0) is 43.2 Å². The number of rotatable bonds is 9. The van der Waals surface area contributed by atoms with Crippen molar-refractivity contribution in [3.63, 3.8) is 0 Å². The number of amides is 1. The fraction of sp³-hybridized carbons (Fsp3) is 0.273. The molecule has 0 saturated carbocycles. The number of hydrogen-bond donors (Lipinski definition) is 1. The van der Waals surface area contributed by atoms with Gasteiger partial charge in [0.1, 0.15) is 0 Å². The maximum Gasteiger partial charge on any atom is 0.251 e. The summed E-state index contributed by atoms with van der Waals surface area (Å²) in [5.41, 5.74) is 2.77. The Hall–Kier alpha value is -3.28. The van der Waals surface area contributed by atoms with E-state index in [2.05, 4.69) is 22.4 Å². The summed E-state index contributed by atoms with van der Waals surface area (Å²) < 4.78 is 13.1. The number of ether oxygens (including phenoxy) is 2. The summed E-state index contributed by atoms with van der Waals surface area (Å²) in [6.07, 6.45) is 5.49. The second-order valence-electron chi connectivity index (χ2n) is 6.26. The highest BCUT2D eigenvalue weighted by molar-refractivity contribution is 5.94. The topological polar surface area (TPSA) is 65.4 Å². The van der Waals surface area contributed by atoms with Crippen molar-refractivity contribution < 1.29 is 14.3 Å². The van der Waals surface area contributed by atoms with E-state index in [1.165, 1.54) is 5.56 Å². The van der Waals surface area contributed by atoms with E-state index in [1.54, 1.807) is 30.7 Å². The number of nitrogens with zero attached hydrogens (tertiary/aromatic N) is 2. The first-order valence-corrected chi connectivity index (χ1v) is 9.41. The Morgan fingerprint density at radius 3 is 2.39 bits per heavy atom. The van der Waals surface area contributed by atoms with Gasteiger partial charge in [-0.15, -0.1) is 0 Å². The molecule has 2 aromatic carbocycles. The Bertz CT molecular complexity index is 890. The monoisotopic (exact) mass is 379 g/mol. The quantitative estimate of drug-likeness (QED) is 0.616. The molecule has 0 saturated heterocycles. The van der Waals surface area contributed by atoms with Gasteiger partial charge in [0.15, 0.2) is 11.5 Å². The van der Waals surface area contributed by atoms with Gasteiger partial charge >= 0.3 is 0 Å². The molecular formula is C22H25N3O3. The van der Waals surface area contributed by atoms with Gasteiger partial charge in [-0.2, -0.15) is 0 Å². The van der Waals surface area contributed by atoms with Crippen molar-refractivity contribution in [1.29, 1.82) is 0 Å². The number of hydrogen-bond acceptors (Lipinski definition) is 4. The van der Waals surface area contributed by atoms with Gasteiger partial charge in [-0.3, -0.25) is 4.79 Å². The maximum atomic E-state index is 12.5. The third-order valence-electron chi connectivity index (χ3n) is 4.21. The Morgan fingerprint density at radius 2 is 1.71 bits per heavy atom. The molecule has 3 rings (SSSR count). The van der Waals surface area contributed by atoms with Crippen LogP contribution in [0.3, 0.4) is 0 Å². The minimum absolute atomic E-state index is 0.147. The van der Waals surface area contributed by atoms with Crippen molar-refractivity contribution in [3.8, 4) is 11.5 Å². The molecule has 0 aliphatic rings. The SMILES string of the molecule is CCOc1ccc(C(=O)NCc2ccc(Cn3ccnc3)cc2)cc1OCC. The molecule has 0 fully saturated rings. The normalized spacial score (nSPS) is 10.5. The van der Waals surface area contributed by atoms with Crippen molar-refractivity contribution in [1.82, 2.24) is 14.9 Å². The second-order valence-corrected chi connectivity index (χ2v) is 6.26. The summed E-state index contributed by atoms with van der Waals surface area (Å²) in [6.45, 7) is 6.11. The van der Waals surface area contributed by atoms with Gasteiger partial charge < -0.3 is 19.4 Å². The lowest BCUT2D eigenvalue weighted by molar-refractivity contribution is 0.0950. The predicted molar refractivity (Wildman–Crippen MR) is 108 cm³/mol. The lowest BCUT2D eigenvalue weighted by Crippen LogP contribution is -2.22. The van der Waals surface area contributed by atoms with Crippen LogP contribution in [0, 0.1) is 0 Å². The van der Waals surface area contributed by atoms with Crippen LogP contribution in [0.15, 0.2) is 61.2 Å². The lowest BCUT2D eigenvalue weighted by atomic mass is 10.1. The average molecular weight is 379 g/mol. The number of imidazole rings is 1. The Kier molecular flexibility index (Phi) is 6.68. The summed E-state index contributed by atoms with van der Waals surface area (Å²) in [7, 11) is 0. The minimum Gasteiger partial charge on any atom is -0.490 e. The highest BCUT2D eigenvalue weighted by Crippen LogP contribution is 2.28. The summed E-state index contributed by atoms with van der Waals surface area (Å²) in [5.74, 6) is 1.08. The molecule has 0 unspecified atom stereocenters. The molecule has 1 N–H and O–H groups in total. The van der Waals surface area contributed by atoms with Gasteiger partial charge in [0.25, 0.3) is 5.91 Å². The number of carbonyl (C=O) groups excluding carboxylic acids is 1. The van der Waals surface area contributed by atoms with Crippen LogP contribution < -0.4 is 14.8 Å². The van der Waals surface area contributed by atoms with Crippen LogP contribution in [0.2, 0.25) is 0 Å². The van der Waals surface area contributed by atoms with Gasteiger partial charge in [-0.25, -0.2) is 4.98 Å². The van der Waals surface area contributed by atoms with Crippen molar-refractivity contribution in [2.75, 3.05) is 13.2 Å². The largest absolute Gasteiger partial charge is 0.490 e. The van der Waals surface area contributed by atoms with E-state index in [0.29, 0.717) is 36.8 Å². The van der Waals surface area contributed by atoms with Crippen LogP contribution >= 0.6 is 0 Å². The zero-order valence-corrected chi connectivity index (χ0v) is 16.2. The van der Waals surface area contributed by atoms with E-state index in [9.17, 15) is 4.79 Å². The number of carbonyl (C=O) groups is 1. The summed E-state index contributed by atoms with van der Waals surface area (Å²) >= 11 is 0. The maximum absolute atomic E-state index is 12.5. The molecule has 6 nitrogen and oxygen atoms in total. The van der Waals surface area contributed by atoms with Crippen LogP contribution in [-0.2, 0) is 13.1 Å². The van der Waals surface area contributed by atoms with Crippen LogP contribution in [0.4, 0.5) is 0 Å². The van der Waals surface area contributed by atoms with E-state index in [0.717, 1.165) is 12.1 Å². The van der Waals surface area contributed by atoms with Crippen molar-refractivity contribution >= 4 is 5.91 Å². The van der Waals surface area contributed by atoms with Crippen molar-refractivity contribution in [3.05, 3.63) is 77.9 Å². The van der Waals surface area contributed by atoms with Crippen LogP contribution in [0.5, 0.6) is 11.5 Å². The van der Waals surface area contributed by atoms with E-state index >= 15 is 0 Å². The van der Waals surface area contributed by atoms with Crippen molar-refractivity contribution in [2.45, 2.75) is 26.9 Å². The Balaban J connectivity index is 1.59. The molecule has 0 radical (unpaired) electrons. The van der Waals surface area contributed by atoms with Gasteiger partial charge in [-0.1, -0.05) is 24.3 Å². The van der Waals surface area contributed by atoms with Crippen molar-refractivity contribution in [2.24, 2.45) is 0 Å². The first-order chi connectivity index (χ1) is 13.7. The Morgan fingerprint density at radius 1 is 1.00 bits per heavy atom.